The molecule has 18 heavy (non-hydrogen) atoms. The van der Waals surface area contributed by atoms with Crippen LogP contribution in [0.4, 0.5) is 0 Å². The van der Waals surface area contributed by atoms with Gasteiger partial charge in [-0.1, -0.05) is 6.07 Å². The normalized spacial score (nSPS) is 19.3. The minimum Gasteiger partial charge on any atom is -0.330 e. The standard InChI is InChI=1S/C15H25N3/c1-12(2)18(11-5-9-16)14-8-3-6-13-7-4-10-17-15(13)14/h4,7,10,12,14H,3,5-6,8-9,11,16H2,1-2H3. The fourth-order valence-electron chi connectivity index (χ4n) is 2.96. The molecule has 0 saturated carbocycles. The Hall–Kier alpha value is -0.930. The molecule has 1 aliphatic carbocycles. The van der Waals surface area contributed by atoms with E-state index in [4.69, 9.17) is 5.73 Å². The van der Waals surface area contributed by atoms with Crippen LogP contribution in [0.5, 0.6) is 0 Å². The van der Waals surface area contributed by atoms with Crippen molar-refractivity contribution in [1.82, 2.24) is 9.88 Å². The molecule has 3 nitrogen and oxygen atoms in total. The van der Waals surface area contributed by atoms with Crippen LogP contribution in [0.25, 0.3) is 0 Å². The predicted molar refractivity (Wildman–Crippen MR) is 75.4 cm³/mol. The first-order chi connectivity index (χ1) is 8.74. The molecule has 0 bridgehead atoms. The van der Waals surface area contributed by atoms with Crippen molar-refractivity contribution < 1.29 is 0 Å². The van der Waals surface area contributed by atoms with E-state index in [2.05, 4.69) is 35.9 Å². The van der Waals surface area contributed by atoms with E-state index < -0.39 is 0 Å². The average molecular weight is 247 g/mol. The number of aromatic nitrogens is 1. The van der Waals surface area contributed by atoms with Gasteiger partial charge in [-0.05, 0) is 57.7 Å². The fourth-order valence-corrected chi connectivity index (χ4v) is 2.96. The van der Waals surface area contributed by atoms with Crippen molar-refractivity contribution in [3.8, 4) is 0 Å². The molecular formula is C15H25N3. The summed E-state index contributed by atoms with van der Waals surface area (Å²) in [7, 11) is 0. The third-order valence-corrected chi connectivity index (χ3v) is 3.85. The Kier molecular flexibility index (Phi) is 4.72. The highest BCUT2D eigenvalue weighted by atomic mass is 15.2. The lowest BCUT2D eigenvalue weighted by Crippen LogP contribution is -2.38. The third kappa shape index (κ3) is 2.90. The van der Waals surface area contributed by atoms with Gasteiger partial charge in [0.05, 0.1) is 11.7 Å². The first-order valence-electron chi connectivity index (χ1n) is 7.13. The molecule has 0 saturated heterocycles. The maximum Gasteiger partial charge on any atom is 0.0607 e. The van der Waals surface area contributed by atoms with Gasteiger partial charge in [0.15, 0.2) is 0 Å². The number of nitrogens with two attached hydrogens (primary N) is 1. The predicted octanol–water partition coefficient (Wildman–Crippen LogP) is 2.52. The number of hydrogen-bond donors (Lipinski definition) is 1. The van der Waals surface area contributed by atoms with Gasteiger partial charge < -0.3 is 5.73 Å². The van der Waals surface area contributed by atoms with E-state index in [1.165, 1.54) is 30.5 Å². The molecule has 1 aromatic heterocycles. The van der Waals surface area contributed by atoms with Crippen molar-refractivity contribution >= 4 is 0 Å². The van der Waals surface area contributed by atoms with Crippen LogP contribution in [0.2, 0.25) is 0 Å². The van der Waals surface area contributed by atoms with E-state index in [-0.39, 0.29) is 0 Å². The number of pyridine rings is 1. The van der Waals surface area contributed by atoms with Crippen molar-refractivity contribution in [3.05, 3.63) is 29.6 Å². The number of nitrogens with zero attached hydrogens (tertiary/aromatic N) is 2. The molecule has 0 aromatic carbocycles. The van der Waals surface area contributed by atoms with Gasteiger partial charge in [-0.15, -0.1) is 0 Å². The molecule has 2 rings (SSSR count). The van der Waals surface area contributed by atoms with Gasteiger partial charge in [-0.3, -0.25) is 9.88 Å². The smallest absolute Gasteiger partial charge is 0.0607 e. The van der Waals surface area contributed by atoms with Crippen LogP contribution in [0.1, 0.15) is 50.4 Å². The lowest BCUT2D eigenvalue weighted by atomic mass is 9.90. The third-order valence-electron chi connectivity index (χ3n) is 3.85. The number of aryl methyl sites for hydroxylation is 1. The number of rotatable bonds is 5. The van der Waals surface area contributed by atoms with Gasteiger partial charge in [0.25, 0.3) is 0 Å². The van der Waals surface area contributed by atoms with Crippen LogP contribution in [0.3, 0.4) is 0 Å². The second-order valence-corrected chi connectivity index (χ2v) is 5.43. The van der Waals surface area contributed by atoms with Crippen LogP contribution in [-0.4, -0.2) is 29.0 Å². The summed E-state index contributed by atoms with van der Waals surface area (Å²) in [6, 6.07) is 5.33. The fraction of sp³-hybridized carbons (Fsp3) is 0.667. The summed E-state index contributed by atoms with van der Waals surface area (Å²) in [4.78, 5) is 7.21. The molecule has 0 fully saturated rings. The lowest BCUT2D eigenvalue weighted by molar-refractivity contribution is 0.134. The molecular weight excluding hydrogens is 222 g/mol. The molecule has 100 valence electrons. The van der Waals surface area contributed by atoms with Crippen molar-refractivity contribution in [3.63, 3.8) is 0 Å². The summed E-state index contributed by atoms with van der Waals surface area (Å²) in [5, 5.41) is 0. The zero-order valence-corrected chi connectivity index (χ0v) is 11.6. The van der Waals surface area contributed by atoms with Crippen LogP contribution in [0.15, 0.2) is 18.3 Å². The molecule has 0 aliphatic heterocycles. The number of hydrogen-bond acceptors (Lipinski definition) is 3. The summed E-state index contributed by atoms with van der Waals surface area (Å²) in [6.45, 7) is 6.39. The highest BCUT2D eigenvalue weighted by Gasteiger charge is 2.28. The zero-order chi connectivity index (χ0) is 13.0. The number of fused-ring (bicyclic) bond motifs is 1. The Bertz CT molecular complexity index is 376. The van der Waals surface area contributed by atoms with Crippen LogP contribution in [0, 0.1) is 0 Å². The van der Waals surface area contributed by atoms with E-state index >= 15 is 0 Å². The summed E-state index contributed by atoms with van der Waals surface area (Å²) in [5.41, 5.74) is 8.40. The molecule has 1 aliphatic rings. The van der Waals surface area contributed by atoms with E-state index in [9.17, 15) is 0 Å². The quantitative estimate of drug-likeness (QED) is 0.869. The Morgan fingerprint density at radius 3 is 3.06 bits per heavy atom. The van der Waals surface area contributed by atoms with Crippen LogP contribution >= 0.6 is 0 Å². The molecule has 2 N–H and O–H groups in total. The van der Waals surface area contributed by atoms with E-state index in [0.717, 1.165) is 19.5 Å². The maximum atomic E-state index is 5.66. The zero-order valence-electron chi connectivity index (χ0n) is 11.6. The van der Waals surface area contributed by atoms with E-state index in [1.807, 2.05) is 6.20 Å². The molecule has 1 heterocycles. The Labute approximate surface area is 110 Å². The average Bonchev–Trinajstić information content (AvgIpc) is 2.39. The molecule has 3 heteroatoms. The Balaban J connectivity index is 2.21. The van der Waals surface area contributed by atoms with Gasteiger partial charge in [-0.2, -0.15) is 0 Å². The summed E-state index contributed by atoms with van der Waals surface area (Å²) >= 11 is 0. The highest BCUT2D eigenvalue weighted by molar-refractivity contribution is 5.25. The second-order valence-electron chi connectivity index (χ2n) is 5.43. The first kappa shape index (κ1) is 13.5. The van der Waals surface area contributed by atoms with E-state index in [0.29, 0.717) is 12.1 Å². The monoisotopic (exact) mass is 247 g/mol. The largest absolute Gasteiger partial charge is 0.330 e. The van der Waals surface area contributed by atoms with Crippen molar-refractivity contribution in [2.45, 2.75) is 51.6 Å². The lowest BCUT2D eigenvalue weighted by Gasteiger charge is -2.37. The van der Waals surface area contributed by atoms with Gasteiger partial charge in [-0.25, -0.2) is 0 Å². The minimum atomic E-state index is 0.487. The molecule has 0 amide bonds. The van der Waals surface area contributed by atoms with Gasteiger partial charge >= 0.3 is 0 Å². The van der Waals surface area contributed by atoms with Gasteiger partial charge in [0, 0.05) is 18.8 Å². The van der Waals surface area contributed by atoms with Crippen molar-refractivity contribution in [2.24, 2.45) is 5.73 Å². The Morgan fingerprint density at radius 1 is 1.50 bits per heavy atom. The molecule has 0 radical (unpaired) electrons. The van der Waals surface area contributed by atoms with E-state index in [1.54, 1.807) is 0 Å². The molecule has 1 atom stereocenters. The molecule has 1 unspecified atom stereocenters. The van der Waals surface area contributed by atoms with Gasteiger partial charge in [0.2, 0.25) is 0 Å². The SMILES string of the molecule is CC(C)N(CCCN)C1CCCc2cccnc21. The second kappa shape index (κ2) is 6.30. The molecule has 0 spiro atoms. The summed E-state index contributed by atoms with van der Waals surface area (Å²) in [6.07, 6.45) is 6.68. The van der Waals surface area contributed by atoms with Crippen molar-refractivity contribution in [2.75, 3.05) is 13.1 Å². The Morgan fingerprint density at radius 2 is 2.33 bits per heavy atom. The maximum absolute atomic E-state index is 5.66. The minimum absolute atomic E-state index is 0.487. The van der Waals surface area contributed by atoms with Crippen molar-refractivity contribution in [1.29, 1.82) is 0 Å². The summed E-state index contributed by atoms with van der Waals surface area (Å²) in [5.74, 6) is 0. The molecule has 1 aromatic rings. The summed E-state index contributed by atoms with van der Waals surface area (Å²) < 4.78 is 0. The topological polar surface area (TPSA) is 42.1 Å². The van der Waals surface area contributed by atoms with Crippen LogP contribution < -0.4 is 5.73 Å². The van der Waals surface area contributed by atoms with Crippen LogP contribution in [-0.2, 0) is 6.42 Å². The first-order valence-corrected chi connectivity index (χ1v) is 7.13. The highest BCUT2D eigenvalue weighted by Crippen LogP contribution is 2.33. The van der Waals surface area contributed by atoms with Gasteiger partial charge in [0.1, 0.15) is 0 Å².